The predicted molar refractivity (Wildman–Crippen MR) is 92.7 cm³/mol. The van der Waals surface area contributed by atoms with E-state index in [9.17, 15) is 18.5 Å². The number of nitro benzene ring substituents is 1. The minimum atomic E-state index is -4.37. The molecule has 0 bridgehead atoms. The zero-order chi connectivity index (χ0) is 18.8. The van der Waals surface area contributed by atoms with Gasteiger partial charge in [-0.3, -0.25) is 10.1 Å². The van der Waals surface area contributed by atoms with Crippen LogP contribution in [-0.2, 0) is 10.1 Å². The Morgan fingerprint density at radius 1 is 1.08 bits per heavy atom. The molecule has 0 fully saturated rings. The first-order valence-corrected chi connectivity index (χ1v) is 8.93. The molecule has 2 aromatic rings. The lowest BCUT2D eigenvalue weighted by atomic mass is 10.0. The van der Waals surface area contributed by atoms with Crippen LogP contribution in [-0.4, -0.2) is 20.5 Å². The summed E-state index contributed by atoms with van der Waals surface area (Å²) in [7, 11) is -3.03. The molecule has 25 heavy (non-hydrogen) atoms. The minimum absolute atomic E-state index is 0.119. The van der Waals surface area contributed by atoms with Crippen molar-refractivity contribution in [3.63, 3.8) is 0 Å². The molecule has 0 saturated heterocycles. The third kappa shape index (κ3) is 4.27. The molecule has 0 unspecified atom stereocenters. The zero-order valence-corrected chi connectivity index (χ0v) is 15.2. The average Bonchev–Trinajstić information content (AvgIpc) is 2.53. The monoisotopic (exact) mass is 365 g/mol. The zero-order valence-electron chi connectivity index (χ0n) is 14.3. The second-order valence-electron chi connectivity index (χ2n) is 5.86. The second-order valence-corrected chi connectivity index (χ2v) is 7.38. The number of nitro groups is 1. The molecule has 8 heteroatoms. The van der Waals surface area contributed by atoms with E-state index in [2.05, 4.69) is 0 Å². The van der Waals surface area contributed by atoms with Crippen LogP contribution in [0.1, 0.15) is 30.9 Å². The van der Waals surface area contributed by atoms with Crippen molar-refractivity contribution in [2.45, 2.75) is 31.6 Å². The number of hydrogen-bond donors (Lipinski definition) is 0. The quantitative estimate of drug-likeness (QED) is 0.439. The molecule has 0 spiro atoms. The van der Waals surface area contributed by atoms with E-state index in [1.807, 2.05) is 26.8 Å². The van der Waals surface area contributed by atoms with Crippen LogP contribution < -0.4 is 8.92 Å². The molecule has 0 saturated carbocycles. The molecule has 0 amide bonds. The molecule has 0 radical (unpaired) electrons. The van der Waals surface area contributed by atoms with Gasteiger partial charge in [-0.25, -0.2) is 0 Å². The first kappa shape index (κ1) is 18.7. The number of ether oxygens (including phenoxy) is 1. The summed E-state index contributed by atoms with van der Waals surface area (Å²) in [5.41, 5.74) is 1.14. The maximum Gasteiger partial charge on any atom is 0.346 e. The fraction of sp³-hybridized carbons (Fsp3) is 0.294. The molecule has 0 aliphatic heterocycles. The van der Waals surface area contributed by atoms with Crippen LogP contribution in [0.25, 0.3) is 0 Å². The van der Waals surface area contributed by atoms with Crippen LogP contribution in [0.5, 0.6) is 11.5 Å². The van der Waals surface area contributed by atoms with E-state index < -0.39 is 25.6 Å². The Hall–Kier alpha value is -2.61. The lowest BCUT2D eigenvalue weighted by molar-refractivity contribution is -0.388. The molecule has 0 aliphatic rings. The second kappa shape index (κ2) is 7.10. The fourth-order valence-corrected chi connectivity index (χ4v) is 3.37. The van der Waals surface area contributed by atoms with Crippen LogP contribution in [0.3, 0.4) is 0 Å². The Labute approximate surface area is 146 Å². The molecule has 0 aliphatic carbocycles. The summed E-state index contributed by atoms with van der Waals surface area (Å²) in [5.74, 6) is 0.484. The van der Waals surface area contributed by atoms with Gasteiger partial charge in [0.05, 0.1) is 18.1 Å². The highest BCUT2D eigenvalue weighted by atomic mass is 32.2. The molecule has 0 aromatic heterocycles. The first-order chi connectivity index (χ1) is 11.6. The number of benzene rings is 2. The van der Waals surface area contributed by atoms with Crippen molar-refractivity contribution in [2.24, 2.45) is 0 Å². The van der Waals surface area contributed by atoms with Crippen LogP contribution in [0.4, 0.5) is 5.69 Å². The highest BCUT2D eigenvalue weighted by Crippen LogP contribution is 2.31. The molecule has 0 heterocycles. The topological polar surface area (TPSA) is 95.7 Å². The van der Waals surface area contributed by atoms with Crippen molar-refractivity contribution in [3.05, 3.63) is 57.6 Å². The van der Waals surface area contributed by atoms with Gasteiger partial charge in [0.2, 0.25) is 0 Å². The van der Waals surface area contributed by atoms with Crippen molar-refractivity contribution >= 4 is 15.8 Å². The highest BCUT2D eigenvalue weighted by Gasteiger charge is 2.28. The summed E-state index contributed by atoms with van der Waals surface area (Å²) >= 11 is 0. The molecular formula is C17H19NO6S. The SMILES string of the molecule is COc1ccc(S(=O)(=O)Oc2cc(C)cc(C(C)C)c2)c([N+](=O)[O-])c1. The third-order valence-electron chi connectivity index (χ3n) is 3.58. The molecule has 7 nitrogen and oxygen atoms in total. The number of methoxy groups -OCH3 is 1. The standard InChI is InChI=1S/C17H19NO6S/c1-11(2)13-7-12(3)8-15(9-13)24-25(21,22)17-6-5-14(23-4)10-16(17)18(19)20/h5-11H,1-4H3. The average molecular weight is 365 g/mol. The summed E-state index contributed by atoms with van der Waals surface area (Å²) in [5, 5.41) is 11.2. The molecule has 2 rings (SSSR count). The van der Waals surface area contributed by atoms with E-state index in [1.54, 1.807) is 12.1 Å². The Bertz CT molecular complexity index is 905. The van der Waals surface area contributed by atoms with E-state index in [4.69, 9.17) is 8.92 Å². The van der Waals surface area contributed by atoms with E-state index in [0.29, 0.717) is 0 Å². The maximum atomic E-state index is 12.6. The number of aryl methyl sites for hydroxylation is 1. The van der Waals surface area contributed by atoms with Crippen molar-refractivity contribution in [3.8, 4) is 11.5 Å². The van der Waals surface area contributed by atoms with Crippen molar-refractivity contribution < 1.29 is 22.3 Å². The highest BCUT2D eigenvalue weighted by molar-refractivity contribution is 7.87. The summed E-state index contributed by atoms with van der Waals surface area (Å²) in [4.78, 5) is 9.91. The first-order valence-electron chi connectivity index (χ1n) is 7.52. The van der Waals surface area contributed by atoms with E-state index >= 15 is 0 Å². The number of rotatable bonds is 6. The van der Waals surface area contributed by atoms with E-state index in [0.717, 1.165) is 23.3 Å². The van der Waals surface area contributed by atoms with Gasteiger partial charge in [0, 0.05) is 0 Å². The molecular weight excluding hydrogens is 346 g/mol. The Kier molecular flexibility index (Phi) is 5.32. The normalized spacial score (nSPS) is 11.4. The lowest BCUT2D eigenvalue weighted by Crippen LogP contribution is -2.12. The van der Waals surface area contributed by atoms with Gasteiger partial charge in [-0.05, 0) is 48.2 Å². The molecule has 134 valence electrons. The van der Waals surface area contributed by atoms with Gasteiger partial charge in [0.1, 0.15) is 11.5 Å². The van der Waals surface area contributed by atoms with E-state index in [-0.39, 0.29) is 17.4 Å². The summed E-state index contributed by atoms with van der Waals surface area (Å²) in [6.45, 7) is 5.77. The van der Waals surface area contributed by atoms with Gasteiger partial charge < -0.3 is 8.92 Å². The van der Waals surface area contributed by atoms with Crippen molar-refractivity contribution in [1.29, 1.82) is 0 Å². The van der Waals surface area contributed by atoms with Crippen molar-refractivity contribution in [1.82, 2.24) is 0 Å². The largest absolute Gasteiger partial charge is 0.497 e. The van der Waals surface area contributed by atoms with Gasteiger partial charge >= 0.3 is 10.1 Å². The van der Waals surface area contributed by atoms with Gasteiger partial charge in [-0.15, -0.1) is 0 Å². The Morgan fingerprint density at radius 3 is 2.32 bits per heavy atom. The number of hydrogen-bond acceptors (Lipinski definition) is 6. The minimum Gasteiger partial charge on any atom is -0.497 e. The van der Waals surface area contributed by atoms with Crippen LogP contribution in [0, 0.1) is 17.0 Å². The molecule has 0 atom stereocenters. The molecule has 0 N–H and O–H groups in total. The lowest BCUT2D eigenvalue weighted by Gasteiger charge is -2.12. The van der Waals surface area contributed by atoms with Gasteiger partial charge in [0.15, 0.2) is 4.90 Å². The van der Waals surface area contributed by atoms with E-state index in [1.165, 1.54) is 13.2 Å². The third-order valence-corrected chi connectivity index (χ3v) is 4.87. The van der Waals surface area contributed by atoms with Gasteiger partial charge in [-0.2, -0.15) is 8.42 Å². The number of nitrogens with zero attached hydrogens (tertiary/aromatic N) is 1. The van der Waals surface area contributed by atoms with Crippen LogP contribution >= 0.6 is 0 Å². The molecule has 2 aromatic carbocycles. The Balaban J connectivity index is 2.49. The Morgan fingerprint density at radius 2 is 1.76 bits per heavy atom. The predicted octanol–water partition coefficient (Wildman–Crippen LogP) is 3.80. The fourth-order valence-electron chi connectivity index (χ4n) is 2.31. The van der Waals surface area contributed by atoms with Crippen LogP contribution in [0.15, 0.2) is 41.3 Å². The van der Waals surface area contributed by atoms with Crippen LogP contribution in [0.2, 0.25) is 0 Å². The summed E-state index contributed by atoms with van der Waals surface area (Å²) in [6, 6.07) is 8.60. The van der Waals surface area contributed by atoms with Crippen molar-refractivity contribution in [2.75, 3.05) is 7.11 Å². The smallest absolute Gasteiger partial charge is 0.346 e. The van der Waals surface area contributed by atoms with Gasteiger partial charge in [0.25, 0.3) is 5.69 Å². The summed E-state index contributed by atoms with van der Waals surface area (Å²) in [6.07, 6.45) is 0. The van der Waals surface area contributed by atoms with Gasteiger partial charge in [-0.1, -0.05) is 19.9 Å². The summed E-state index contributed by atoms with van der Waals surface area (Å²) < 4.78 is 35.2. The maximum absolute atomic E-state index is 12.6.